The first-order valence-electron chi connectivity index (χ1n) is 8.12. The van der Waals surface area contributed by atoms with Crippen molar-refractivity contribution in [1.82, 2.24) is 9.80 Å². The third-order valence-electron chi connectivity index (χ3n) is 4.74. The first-order valence-corrected chi connectivity index (χ1v) is 8.12. The lowest BCUT2D eigenvalue weighted by Gasteiger charge is -2.42. The zero-order valence-electron chi connectivity index (χ0n) is 13.1. The van der Waals surface area contributed by atoms with Crippen molar-refractivity contribution >= 4 is 17.9 Å². The topological polar surface area (TPSA) is 76.2 Å². The fourth-order valence-corrected chi connectivity index (χ4v) is 3.38. The average molecular weight is 330 g/mol. The third kappa shape index (κ3) is 2.60. The lowest BCUT2D eigenvalue weighted by Crippen LogP contribution is -2.57. The smallest absolute Gasteiger partial charge is 0.417 e. The largest absolute Gasteiger partial charge is 0.480 e. The van der Waals surface area contributed by atoms with Gasteiger partial charge in [0.05, 0.1) is 0 Å². The number of benzene rings is 1. The second-order valence-electron chi connectivity index (χ2n) is 6.42. The SMILES string of the molecule is O=C([C@@H]1CCc2ccccc2O1)N1CC(CN2C(=O)COC2=O)C1. The van der Waals surface area contributed by atoms with Gasteiger partial charge in [0.1, 0.15) is 5.75 Å². The van der Waals surface area contributed by atoms with E-state index in [0.29, 0.717) is 26.1 Å². The summed E-state index contributed by atoms with van der Waals surface area (Å²) in [6.07, 6.45) is 0.475. The maximum Gasteiger partial charge on any atom is 0.417 e. The molecule has 1 aromatic rings. The van der Waals surface area contributed by atoms with Crippen LogP contribution in [0, 0.1) is 5.92 Å². The van der Waals surface area contributed by atoms with Gasteiger partial charge < -0.3 is 14.4 Å². The molecule has 0 aromatic heterocycles. The summed E-state index contributed by atoms with van der Waals surface area (Å²) in [4.78, 5) is 38.3. The zero-order chi connectivity index (χ0) is 16.7. The minimum Gasteiger partial charge on any atom is -0.480 e. The number of carbonyl (C=O) groups is 3. The van der Waals surface area contributed by atoms with Crippen LogP contribution in [0.4, 0.5) is 4.79 Å². The van der Waals surface area contributed by atoms with Crippen LogP contribution >= 0.6 is 0 Å². The Morgan fingerprint density at radius 1 is 1.21 bits per heavy atom. The monoisotopic (exact) mass is 330 g/mol. The Morgan fingerprint density at radius 2 is 2.00 bits per heavy atom. The van der Waals surface area contributed by atoms with Crippen LogP contribution < -0.4 is 4.74 Å². The van der Waals surface area contributed by atoms with Crippen molar-refractivity contribution in [3.63, 3.8) is 0 Å². The molecule has 3 heterocycles. The number of rotatable bonds is 3. The maximum absolute atomic E-state index is 12.5. The molecule has 0 spiro atoms. The van der Waals surface area contributed by atoms with Crippen molar-refractivity contribution in [2.75, 3.05) is 26.2 Å². The van der Waals surface area contributed by atoms with Gasteiger partial charge in [0, 0.05) is 25.6 Å². The Labute approximate surface area is 139 Å². The van der Waals surface area contributed by atoms with Gasteiger partial charge in [-0.1, -0.05) is 18.2 Å². The quantitative estimate of drug-likeness (QED) is 0.820. The summed E-state index contributed by atoms with van der Waals surface area (Å²) >= 11 is 0. The second-order valence-corrected chi connectivity index (χ2v) is 6.42. The second kappa shape index (κ2) is 5.81. The number of cyclic esters (lactones) is 1. The fraction of sp³-hybridized carbons (Fsp3) is 0.471. The molecule has 3 aliphatic heterocycles. The van der Waals surface area contributed by atoms with Crippen molar-refractivity contribution in [2.24, 2.45) is 5.92 Å². The number of ether oxygens (including phenoxy) is 2. The number of imide groups is 1. The Kier molecular flexibility index (Phi) is 3.63. The normalized spacial score (nSPS) is 23.4. The summed E-state index contributed by atoms with van der Waals surface area (Å²) in [5, 5.41) is 0. The molecule has 4 rings (SSSR count). The van der Waals surface area contributed by atoms with E-state index in [1.54, 1.807) is 4.90 Å². The number of likely N-dealkylation sites (tertiary alicyclic amines) is 1. The van der Waals surface area contributed by atoms with E-state index >= 15 is 0 Å². The lowest BCUT2D eigenvalue weighted by atomic mass is 9.96. The number of aryl methyl sites for hydroxylation is 1. The van der Waals surface area contributed by atoms with E-state index in [4.69, 9.17) is 4.74 Å². The van der Waals surface area contributed by atoms with Gasteiger partial charge >= 0.3 is 6.09 Å². The fourth-order valence-electron chi connectivity index (χ4n) is 3.38. The highest BCUT2D eigenvalue weighted by Crippen LogP contribution is 2.29. The van der Waals surface area contributed by atoms with E-state index < -0.39 is 12.2 Å². The van der Waals surface area contributed by atoms with Gasteiger partial charge in [-0.3, -0.25) is 9.59 Å². The summed E-state index contributed by atoms with van der Waals surface area (Å²) in [6, 6.07) is 7.77. The van der Waals surface area contributed by atoms with Crippen LogP contribution in [-0.2, 0) is 20.7 Å². The van der Waals surface area contributed by atoms with Gasteiger partial charge in [-0.25, -0.2) is 9.69 Å². The Bertz CT molecular complexity index is 682. The molecule has 0 unspecified atom stereocenters. The zero-order valence-corrected chi connectivity index (χ0v) is 13.1. The highest BCUT2D eigenvalue weighted by Gasteiger charge is 2.40. The van der Waals surface area contributed by atoms with Crippen molar-refractivity contribution in [2.45, 2.75) is 18.9 Å². The molecule has 0 bridgehead atoms. The Balaban J connectivity index is 1.30. The van der Waals surface area contributed by atoms with Crippen molar-refractivity contribution < 1.29 is 23.9 Å². The van der Waals surface area contributed by atoms with Gasteiger partial charge in [-0.15, -0.1) is 0 Å². The molecular formula is C17H18N2O5. The number of carbonyl (C=O) groups excluding carboxylic acids is 3. The summed E-state index contributed by atoms with van der Waals surface area (Å²) < 4.78 is 10.5. The van der Waals surface area contributed by atoms with Crippen LogP contribution in [0.25, 0.3) is 0 Å². The van der Waals surface area contributed by atoms with Gasteiger partial charge in [-0.2, -0.15) is 0 Å². The van der Waals surface area contributed by atoms with Gasteiger partial charge in [-0.05, 0) is 24.5 Å². The highest BCUT2D eigenvalue weighted by atomic mass is 16.6. The lowest BCUT2D eigenvalue weighted by molar-refractivity contribution is -0.146. The first-order chi connectivity index (χ1) is 11.6. The predicted octanol–water partition coefficient (Wildman–Crippen LogP) is 0.817. The van der Waals surface area contributed by atoms with E-state index in [0.717, 1.165) is 22.6 Å². The number of hydrogen-bond donors (Lipinski definition) is 0. The molecule has 7 heteroatoms. The standard InChI is InChI=1S/C17H18N2O5/c20-15-10-23-17(22)19(15)9-11-7-18(8-11)16(21)14-6-5-12-3-1-2-4-13(12)24-14/h1-4,11,14H,5-10H2/t14-/m0/s1. The highest BCUT2D eigenvalue weighted by molar-refractivity contribution is 5.97. The van der Waals surface area contributed by atoms with E-state index in [1.165, 1.54) is 0 Å². The summed E-state index contributed by atoms with van der Waals surface area (Å²) in [6.45, 7) is 1.22. The van der Waals surface area contributed by atoms with Crippen molar-refractivity contribution in [1.29, 1.82) is 0 Å². The minimum atomic E-state index is -0.586. The number of hydrogen-bond acceptors (Lipinski definition) is 5. The van der Waals surface area contributed by atoms with Crippen LogP contribution in [0.1, 0.15) is 12.0 Å². The molecule has 7 nitrogen and oxygen atoms in total. The van der Waals surface area contributed by atoms with E-state index in [9.17, 15) is 14.4 Å². The van der Waals surface area contributed by atoms with Gasteiger partial charge in [0.25, 0.3) is 11.8 Å². The molecule has 0 N–H and O–H groups in total. The maximum atomic E-state index is 12.5. The van der Waals surface area contributed by atoms with E-state index in [-0.39, 0.29) is 24.3 Å². The van der Waals surface area contributed by atoms with Gasteiger partial charge in [0.15, 0.2) is 12.7 Å². The minimum absolute atomic E-state index is 0.0175. The molecular weight excluding hydrogens is 312 g/mol. The Morgan fingerprint density at radius 3 is 2.75 bits per heavy atom. The van der Waals surface area contributed by atoms with E-state index in [2.05, 4.69) is 4.74 Å². The summed E-state index contributed by atoms with van der Waals surface area (Å²) in [5.74, 6) is 0.567. The molecule has 24 heavy (non-hydrogen) atoms. The molecule has 126 valence electrons. The molecule has 1 atom stereocenters. The van der Waals surface area contributed by atoms with Crippen LogP contribution in [0.5, 0.6) is 5.75 Å². The third-order valence-corrected chi connectivity index (χ3v) is 4.74. The molecule has 2 saturated heterocycles. The Hall–Kier alpha value is -2.57. The average Bonchev–Trinajstić information content (AvgIpc) is 2.88. The van der Waals surface area contributed by atoms with E-state index in [1.807, 2.05) is 24.3 Å². The summed E-state index contributed by atoms with van der Waals surface area (Å²) in [7, 11) is 0. The predicted molar refractivity (Wildman–Crippen MR) is 82.3 cm³/mol. The molecule has 0 radical (unpaired) electrons. The summed E-state index contributed by atoms with van der Waals surface area (Å²) in [5.41, 5.74) is 1.13. The van der Waals surface area contributed by atoms with Crippen molar-refractivity contribution in [3.8, 4) is 5.75 Å². The first kappa shape index (κ1) is 15.0. The number of para-hydroxylation sites is 1. The number of amides is 3. The number of nitrogens with zero attached hydrogens (tertiary/aromatic N) is 2. The van der Waals surface area contributed by atoms with Crippen LogP contribution in [0.3, 0.4) is 0 Å². The molecule has 2 fully saturated rings. The van der Waals surface area contributed by atoms with Crippen LogP contribution in [-0.4, -0.2) is 60.1 Å². The van der Waals surface area contributed by atoms with Crippen LogP contribution in [0.2, 0.25) is 0 Å². The van der Waals surface area contributed by atoms with Crippen molar-refractivity contribution in [3.05, 3.63) is 29.8 Å². The van der Waals surface area contributed by atoms with Gasteiger partial charge in [0.2, 0.25) is 0 Å². The number of fused-ring (bicyclic) bond motifs is 1. The molecule has 1 aromatic carbocycles. The molecule has 3 aliphatic rings. The molecule has 3 amide bonds. The molecule has 0 aliphatic carbocycles. The van der Waals surface area contributed by atoms with Crippen LogP contribution in [0.15, 0.2) is 24.3 Å². The molecule has 0 saturated carbocycles.